The second-order valence-corrected chi connectivity index (χ2v) is 10.9. The number of aromatic nitrogens is 4. The summed E-state index contributed by atoms with van der Waals surface area (Å²) in [5, 5.41) is 24.8. The highest BCUT2D eigenvalue weighted by molar-refractivity contribution is 6.39. The molecule has 0 atom stereocenters. The van der Waals surface area contributed by atoms with E-state index in [2.05, 4.69) is 30.6 Å². The summed E-state index contributed by atoms with van der Waals surface area (Å²) in [6.07, 6.45) is 4.39. The second kappa shape index (κ2) is 16.8. The number of aliphatic carboxylic acids is 2. The number of nitrogens with one attached hydrogen (secondary N) is 2. The molecule has 2 aromatic heterocycles. The van der Waals surface area contributed by atoms with Gasteiger partial charge in [-0.3, -0.25) is 19.6 Å². The molecule has 0 aliphatic rings. The van der Waals surface area contributed by atoms with Gasteiger partial charge in [0.25, 0.3) is 0 Å². The van der Waals surface area contributed by atoms with Crippen molar-refractivity contribution in [1.29, 1.82) is 0 Å². The van der Waals surface area contributed by atoms with Crippen molar-refractivity contribution in [2.45, 2.75) is 38.8 Å². The standard InChI is InChI=1S/C32H34Cl2N6O6/c1-45-31-25(15-35-13-5-11-27(41)42)37-17-23(39-31)21-9-3-7-19(29(21)33)20-8-4-10-22(30(20)34)24-18-38-26(32(40-24)46-2)16-36-14-6-12-28(43)44/h3-4,7-10,17-18,35-36H,5-6,11-16H2,1-2H3,(H,41,42)(H,43,44). The Kier molecular flexibility index (Phi) is 12.6. The minimum absolute atomic E-state index is 0.0842. The number of benzene rings is 2. The third kappa shape index (κ3) is 8.88. The molecule has 4 N–H and O–H groups in total. The molecule has 0 aliphatic carbocycles. The Morgan fingerprint density at radius 2 is 1.09 bits per heavy atom. The lowest BCUT2D eigenvalue weighted by atomic mass is 9.98. The molecular formula is C32H34Cl2N6O6. The molecule has 0 aliphatic heterocycles. The zero-order valence-electron chi connectivity index (χ0n) is 25.3. The first-order valence-corrected chi connectivity index (χ1v) is 15.2. The van der Waals surface area contributed by atoms with Crippen LogP contribution in [0.25, 0.3) is 33.6 Å². The maximum absolute atomic E-state index is 10.7. The van der Waals surface area contributed by atoms with E-state index < -0.39 is 11.9 Å². The third-order valence-corrected chi connectivity index (χ3v) is 7.74. The summed E-state index contributed by atoms with van der Waals surface area (Å²) in [5.41, 5.74) is 4.81. The number of carboxylic acids is 2. The highest BCUT2D eigenvalue weighted by atomic mass is 35.5. The molecule has 14 heteroatoms. The van der Waals surface area contributed by atoms with E-state index in [1.165, 1.54) is 14.2 Å². The second-order valence-electron chi connectivity index (χ2n) is 10.1. The maximum Gasteiger partial charge on any atom is 0.303 e. The Morgan fingerprint density at radius 1 is 0.696 bits per heavy atom. The van der Waals surface area contributed by atoms with Gasteiger partial charge in [0.15, 0.2) is 0 Å². The Balaban J connectivity index is 1.57. The van der Waals surface area contributed by atoms with Crippen LogP contribution in [0.5, 0.6) is 11.8 Å². The van der Waals surface area contributed by atoms with Crippen LogP contribution in [0.3, 0.4) is 0 Å². The van der Waals surface area contributed by atoms with E-state index in [0.717, 1.165) is 0 Å². The van der Waals surface area contributed by atoms with Crippen molar-refractivity contribution in [2.24, 2.45) is 0 Å². The number of hydrogen-bond donors (Lipinski definition) is 4. The van der Waals surface area contributed by atoms with Crippen LogP contribution in [0.4, 0.5) is 0 Å². The van der Waals surface area contributed by atoms with E-state index >= 15 is 0 Å². The molecule has 0 amide bonds. The molecule has 46 heavy (non-hydrogen) atoms. The molecule has 4 rings (SSSR count). The summed E-state index contributed by atoms with van der Waals surface area (Å²) in [7, 11) is 3.02. The van der Waals surface area contributed by atoms with E-state index in [0.29, 0.717) is 106 Å². The smallest absolute Gasteiger partial charge is 0.303 e. The first-order chi connectivity index (χ1) is 22.2. The topological polar surface area (TPSA) is 169 Å². The monoisotopic (exact) mass is 668 g/mol. The van der Waals surface area contributed by atoms with Crippen molar-refractivity contribution in [3.8, 4) is 45.4 Å². The molecule has 0 saturated heterocycles. The van der Waals surface area contributed by atoms with Crippen LogP contribution in [0.2, 0.25) is 10.0 Å². The summed E-state index contributed by atoms with van der Waals surface area (Å²) in [6, 6.07) is 11.1. The van der Waals surface area contributed by atoms with Crippen molar-refractivity contribution < 1.29 is 29.3 Å². The molecule has 2 heterocycles. The molecule has 12 nitrogen and oxygen atoms in total. The van der Waals surface area contributed by atoms with Gasteiger partial charge in [-0.2, -0.15) is 0 Å². The molecule has 4 aromatic rings. The van der Waals surface area contributed by atoms with Crippen LogP contribution >= 0.6 is 23.2 Å². The molecule has 0 unspecified atom stereocenters. The fourth-order valence-corrected chi connectivity index (χ4v) is 5.29. The number of ether oxygens (including phenoxy) is 2. The number of carboxylic acid groups (broad SMARTS) is 2. The molecule has 0 radical (unpaired) electrons. The van der Waals surface area contributed by atoms with Gasteiger partial charge in [0.2, 0.25) is 11.8 Å². The Hall–Kier alpha value is -4.36. The van der Waals surface area contributed by atoms with Gasteiger partial charge in [-0.15, -0.1) is 0 Å². The first kappa shape index (κ1) is 34.5. The molecule has 2 aromatic carbocycles. The number of rotatable bonds is 17. The van der Waals surface area contributed by atoms with Crippen molar-refractivity contribution in [2.75, 3.05) is 27.3 Å². The lowest BCUT2D eigenvalue weighted by molar-refractivity contribution is -0.138. The van der Waals surface area contributed by atoms with E-state index in [1.54, 1.807) is 12.4 Å². The molecule has 242 valence electrons. The largest absolute Gasteiger partial charge is 0.481 e. The zero-order valence-corrected chi connectivity index (χ0v) is 26.9. The van der Waals surface area contributed by atoms with E-state index in [9.17, 15) is 9.59 Å². The Labute approximate surface area is 276 Å². The van der Waals surface area contributed by atoms with Gasteiger partial charge in [-0.05, 0) is 25.9 Å². The Bertz CT molecular complexity index is 1570. The molecule has 0 saturated carbocycles. The number of carbonyl (C=O) groups is 2. The van der Waals surface area contributed by atoms with Gasteiger partial charge in [0.05, 0.1) is 48.0 Å². The number of hydrogen-bond acceptors (Lipinski definition) is 10. The van der Waals surface area contributed by atoms with Gasteiger partial charge in [-0.25, -0.2) is 9.97 Å². The van der Waals surface area contributed by atoms with Crippen molar-refractivity contribution in [3.63, 3.8) is 0 Å². The predicted molar refractivity (Wildman–Crippen MR) is 174 cm³/mol. The minimum Gasteiger partial charge on any atom is -0.481 e. The van der Waals surface area contributed by atoms with E-state index in [4.69, 9.17) is 42.9 Å². The SMILES string of the molecule is COc1nc(-c2cccc(-c3cccc(-c4cnc(CNCCCC(=O)O)c(OC)n4)c3Cl)c2Cl)cnc1CNCCCC(=O)O. The molecular weight excluding hydrogens is 635 g/mol. The van der Waals surface area contributed by atoms with Gasteiger partial charge in [-0.1, -0.05) is 59.6 Å². The van der Waals surface area contributed by atoms with Crippen molar-refractivity contribution >= 4 is 35.1 Å². The highest BCUT2D eigenvalue weighted by Gasteiger charge is 2.19. The lowest BCUT2D eigenvalue weighted by Crippen LogP contribution is -2.17. The van der Waals surface area contributed by atoms with Crippen molar-refractivity contribution in [3.05, 3.63) is 70.2 Å². The summed E-state index contributed by atoms with van der Waals surface area (Å²) < 4.78 is 11.0. The summed E-state index contributed by atoms with van der Waals surface area (Å²) in [4.78, 5) is 39.8. The van der Waals surface area contributed by atoms with E-state index in [-0.39, 0.29) is 12.8 Å². The normalized spacial score (nSPS) is 11.0. The fourth-order valence-electron chi connectivity index (χ4n) is 4.64. The van der Waals surface area contributed by atoms with Crippen LogP contribution in [0, 0.1) is 0 Å². The molecule has 0 bridgehead atoms. The van der Waals surface area contributed by atoms with Crippen LogP contribution in [-0.2, 0) is 22.7 Å². The lowest BCUT2D eigenvalue weighted by Gasteiger charge is -2.15. The maximum atomic E-state index is 10.7. The number of halogens is 2. The predicted octanol–water partition coefficient (Wildman–Crippen LogP) is 5.50. The van der Waals surface area contributed by atoms with Gasteiger partial charge >= 0.3 is 11.9 Å². The summed E-state index contributed by atoms with van der Waals surface area (Å²) in [6.45, 7) is 1.76. The minimum atomic E-state index is -0.837. The number of methoxy groups -OCH3 is 2. The Morgan fingerprint density at radius 3 is 1.46 bits per heavy atom. The zero-order chi connectivity index (χ0) is 33.1. The third-order valence-electron chi connectivity index (χ3n) is 6.92. The van der Waals surface area contributed by atoms with E-state index in [1.807, 2.05) is 36.4 Å². The van der Waals surface area contributed by atoms with Crippen LogP contribution < -0.4 is 20.1 Å². The highest BCUT2D eigenvalue weighted by Crippen LogP contribution is 2.42. The van der Waals surface area contributed by atoms with Crippen LogP contribution in [0.1, 0.15) is 37.1 Å². The van der Waals surface area contributed by atoms with Gasteiger partial charge in [0.1, 0.15) is 11.4 Å². The van der Waals surface area contributed by atoms with Crippen molar-refractivity contribution in [1.82, 2.24) is 30.6 Å². The summed E-state index contributed by atoms with van der Waals surface area (Å²) in [5.74, 6) is -1.02. The van der Waals surface area contributed by atoms with Crippen LogP contribution in [-0.4, -0.2) is 69.4 Å². The number of nitrogens with zero attached hydrogens (tertiary/aromatic N) is 4. The molecule has 0 fully saturated rings. The fraction of sp³-hybridized carbons (Fsp3) is 0.312. The molecule has 0 spiro atoms. The average molecular weight is 670 g/mol. The quantitative estimate of drug-likeness (QED) is 0.104. The summed E-state index contributed by atoms with van der Waals surface area (Å²) >= 11 is 13.9. The average Bonchev–Trinajstić information content (AvgIpc) is 3.04. The van der Waals surface area contributed by atoms with Gasteiger partial charge in [0, 0.05) is 48.2 Å². The first-order valence-electron chi connectivity index (χ1n) is 14.5. The van der Waals surface area contributed by atoms with Crippen LogP contribution in [0.15, 0.2) is 48.8 Å². The van der Waals surface area contributed by atoms with Gasteiger partial charge < -0.3 is 30.3 Å².